The number of hydrogen-bond acceptors (Lipinski definition) is 1. The smallest absolute Gasteiger partial charge is 0.0619 e. The van der Waals surface area contributed by atoms with Gasteiger partial charge in [-0.1, -0.05) is 182 Å². The third kappa shape index (κ3) is 6.26. The highest BCUT2D eigenvalue weighted by Gasteiger charge is 2.25. The van der Waals surface area contributed by atoms with Crippen LogP contribution in [0.3, 0.4) is 0 Å². The summed E-state index contributed by atoms with van der Waals surface area (Å²) in [5.41, 5.74) is 14.0. The van der Waals surface area contributed by atoms with Crippen LogP contribution in [0.2, 0.25) is 0 Å². The lowest BCUT2D eigenvalue weighted by atomic mass is 9.86. The van der Waals surface area contributed by atoms with Crippen molar-refractivity contribution in [3.63, 3.8) is 0 Å². The largest absolute Gasteiger partial charge is 0.309 e. The highest BCUT2D eigenvalue weighted by Crippen LogP contribution is 2.50. The first kappa shape index (κ1) is 37.8. The number of nitrogens with zero attached hydrogens (tertiary/aromatic N) is 2. The first-order valence-corrected chi connectivity index (χ1v) is 22.7. The van der Waals surface area contributed by atoms with Gasteiger partial charge < -0.3 is 9.47 Å². The number of fused-ring (bicyclic) bond motifs is 7. The lowest BCUT2D eigenvalue weighted by molar-refractivity contribution is 1.18. The second-order valence-corrected chi connectivity index (χ2v) is 17.3. The van der Waals surface area contributed by atoms with Crippen LogP contribution in [0.25, 0.3) is 104 Å². The van der Waals surface area contributed by atoms with Crippen molar-refractivity contribution in [3.8, 4) is 39.1 Å². The molecule has 2 nitrogen and oxygen atoms in total. The number of aromatic nitrogens is 1. The summed E-state index contributed by atoms with van der Waals surface area (Å²) in [7, 11) is 0. The first-order chi connectivity index (χ1) is 32.7. The predicted octanol–water partition coefficient (Wildman–Crippen LogP) is 17.9. The van der Waals surface area contributed by atoms with Crippen molar-refractivity contribution in [3.05, 3.63) is 255 Å². The maximum Gasteiger partial charge on any atom is 0.0619 e. The van der Waals surface area contributed by atoms with Crippen molar-refractivity contribution in [2.45, 2.75) is 0 Å². The normalized spacial score (nSPS) is 11.6. The fourth-order valence-corrected chi connectivity index (χ4v) is 10.4. The van der Waals surface area contributed by atoms with Gasteiger partial charge in [-0.15, -0.1) is 0 Å². The van der Waals surface area contributed by atoms with Crippen molar-refractivity contribution < 1.29 is 0 Å². The molecular weight excluding hydrogens is 797 g/mol. The van der Waals surface area contributed by atoms with Gasteiger partial charge >= 0.3 is 0 Å². The second kappa shape index (κ2) is 15.5. The average molecular weight is 839 g/mol. The van der Waals surface area contributed by atoms with E-state index in [1.807, 2.05) is 0 Å². The predicted molar refractivity (Wildman–Crippen MR) is 282 cm³/mol. The van der Waals surface area contributed by atoms with E-state index >= 15 is 0 Å². The van der Waals surface area contributed by atoms with Crippen LogP contribution >= 0.6 is 0 Å². The summed E-state index contributed by atoms with van der Waals surface area (Å²) >= 11 is 0. The zero-order chi connectivity index (χ0) is 43.6. The van der Waals surface area contributed by atoms with Crippen molar-refractivity contribution in [2.75, 3.05) is 4.90 Å². The van der Waals surface area contributed by atoms with Gasteiger partial charge in [-0.25, -0.2) is 0 Å². The van der Waals surface area contributed by atoms with Crippen LogP contribution in [-0.2, 0) is 0 Å². The topological polar surface area (TPSA) is 8.17 Å². The molecule has 0 radical (unpaired) electrons. The standard InChI is InChI=1S/C64H42N2/c1-4-18-45(19-5-1)63-56-35-32-51(49-31-29-44-17-11-13-21-47(44)39-49)41-60(56)64(57-36-33-50(40-59(57)63)48-30-28-43-16-10-12-20-46(43)38-48)65(52-22-6-2-7-23-52)54-34-37-62-58(42-54)55-26-14-15-27-61(55)66(62)53-24-8-3-9-25-53/h1-42H. The van der Waals surface area contributed by atoms with Crippen molar-refractivity contribution in [2.24, 2.45) is 0 Å². The van der Waals surface area contributed by atoms with Crippen LogP contribution in [0.15, 0.2) is 255 Å². The first-order valence-electron chi connectivity index (χ1n) is 22.7. The molecule has 0 saturated carbocycles. The molecule has 0 bridgehead atoms. The Morgan fingerprint density at radius 3 is 1.45 bits per heavy atom. The van der Waals surface area contributed by atoms with Crippen LogP contribution in [0.5, 0.6) is 0 Å². The van der Waals surface area contributed by atoms with E-state index in [0.29, 0.717) is 0 Å². The lowest BCUT2D eigenvalue weighted by Crippen LogP contribution is -2.11. The molecule has 2 heteroatoms. The van der Waals surface area contributed by atoms with E-state index in [4.69, 9.17) is 0 Å². The minimum Gasteiger partial charge on any atom is -0.309 e. The van der Waals surface area contributed by atoms with Gasteiger partial charge in [0.15, 0.2) is 0 Å². The number of benzene rings is 12. The van der Waals surface area contributed by atoms with Crippen LogP contribution in [0.4, 0.5) is 17.1 Å². The molecule has 0 aliphatic rings. The maximum absolute atomic E-state index is 2.51. The molecule has 0 spiro atoms. The summed E-state index contributed by atoms with van der Waals surface area (Å²) < 4.78 is 2.39. The summed E-state index contributed by atoms with van der Waals surface area (Å²) in [5.74, 6) is 0. The molecule has 66 heavy (non-hydrogen) atoms. The number of para-hydroxylation sites is 3. The van der Waals surface area contributed by atoms with Gasteiger partial charge in [-0.2, -0.15) is 0 Å². The van der Waals surface area contributed by atoms with Crippen molar-refractivity contribution >= 4 is 82.0 Å². The van der Waals surface area contributed by atoms with Gasteiger partial charge in [0.25, 0.3) is 0 Å². The van der Waals surface area contributed by atoms with Gasteiger partial charge in [-0.3, -0.25) is 0 Å². The van der Waals surface area contributed by atoms with Gasteiger partial charge in [0.05, 0.1) is 16.7 Å². The van der Waals surface area contributed by atoms with Gasteiger partial charge in [0.2, 0.25) is 0 Å². The van der Waals surface area contributed by atoms with Crippen molar-refractivity contribution in [1.82, 2.24) is 4.57 Å². The lowest BCUT2D eigenvalue weighted by Gasteiger charge is -2.30. The van der Waals surface area contributed by atoms with Gasteiger partial charge in [-0.05, 0) is 138 Å². The Morgan fingerprint density at radius 2 is 0.773 bits per heavy atom. The Morgan fingerprint density at radius 1 is 0.258 bits per heavy atom. The quantitative estimate of drug-likeness (QED) is 0.145. The number of hydrogen-bond donors (Lipinski definition) is 0. The maximum atomic E-state index is 2.51. The molecule has 0 atom stereocenters. The summed E-state index contributed by atoms with van der Waals surface area (Å²) in [4.78, 5) is 2.51. The zero-order valence-corrected chi connectivity index (χ0v) is 36.1. The summed E-state index contributed by atoms with van der Waals surface area (Å²) in [6, 6.07) is 93.6. The Bertz CT molecular complexity index is 3980. The minimum atomic E-state index is 1.09. The van der Waals surface area contributed by atoms with E-state index in [-0.39, 0.29) is 0 Å². The van der Waals surface area contributed by atoms with E-state index < -0.39 is 0 Å². The second-order valence-electron chi connectivity index (χ2n) is 17.3. The summed E-state index contributed by atoms with van der Waals surface area (Å²) in [6.07, 6.45) is 0. The molecule has 0 aliphatic carbocycles. The highest BCUT2D eigenvalue weighted by atomic mass is 15.1. The molecule has 0 unspecified atom stereocenters. The van der Waals surface area contributed by atoms with Crippen LogP contribution in [0.1, 0.15) is 0 Å². The minimum absolute atomic E-state index is 1.09. The fourth-order valence-electron chi connectivity index (χ4n) is 10.4. The van der Waals surface area contributed by atoms with Gasteiger partial charge in [0.1, 0.15) is 0 Å². The molecule has 13 aromatic rings. The Labute approximate surface area is 383 Å². The molecule has 308 valence electrons. The molecular formula is C64H42N2. The van der Waals surface area contributed by atoms with Crippen LogP contribution in [0, 0.1) is 0 Å². The van der Waals surface area contributed by atoms with Gasteiger partial charge in [0, 0.05) is 38.6 Å². The molecule has 13 rings (SSSR count). The Hall–Kier alpha value is -8.72. The molecule has 0 N–H and O–H groups in total. The Kier molecular flexibility index (Phi) is 8.89. The molecule has 12 aromatic carbocycles. The van der Waals surface area contributed by atoms with Crippen molar-refractivity contribution in [1.29, 1.82) is 0 Å². The molecule has 0 saturated heterocycles. The molecule has 1 aromatic heterocycles. The Balaban J connectivity index is 1.14. The van der Waals surface area contributed by atoms with Crippen LogP contribution < -0.4 is 4.90 Å². The summed E-state index contributed by atoms with van der Waals surface area (Å²) in [6.45, 7) is 0. The van der Waals surface area contributed by atoms with E-state index in [1.54, 1.807) is 0 Å². The summed E-state index contributed by atoms with van der Waals surface area (Å²) in [5, 5.41) is 12.1. The third-order valence-electron chi connectivity index (χ3n) is 13.5. The molecule has 0 amide bonds. The third-order valence-corrected chi connectivity index (χ3v) is 13.5. The fraction of sp³-hybridized carbons (Fsp3) is 0. The van der Waals surface area contributed by atoms with E-state index in [0.717, 1.165) is 22.7 Å². The average Bonchev–Trinajstić information content (AvgIpc) is 3.72. The number of rotatable bonds is 7. The highest BCUT2D eigenvalue weighted by molar-refractivity contribution is 6.24. The van der Waals surface area contributed by atoms with E-state index in [1.165, 1.54) is 98.3 Å². The monoisotopic (exact) mass is 838 g/mol. The van der Waals surface area contributed by atoms with E-state index in [2.05, 4.69) is 264 Å². The molecule has 0 aliphatic heterocycles. The molecule has 1 heterocycles. The molecule has 0 fully saturated rings. The van der Waals surface area contributed by atoms with E-state index in [9.17, 15) is 0 Å². The zero-order valence-electron chi connectivity index (χ0n) is 36.1. The van der Waals surface area contributed by atoms with Crippen LogP contribution in [-0.4, -0.2) is 4.57 Å². The SMILES string of the molecule is c1ccc(-c2c3cc(-c4ccc5ccccc5c4)ccc3c(N(c3ccccc3)c3ccc4c(c3)c3ccccc3n4-c3ccccc3)c3cc(-c4ccc5ccccc5c4)ccc23)cc1. The number of anilines is 3.